The molecular weight excluding hydrogens is 436 g/mol. The van der Waals surface area contributed by atoms with E-state index in [4.69, 9.17) is 10.5 Å². The fraction of sp³-hybridized carbons (Fsp3) is 0.350. The normalized spacial score (nSPS) is 15.9. The van der Waals surface area contributed by atoms with E-state index in [1.54, 1.807) is 0 Å². The van der Waals surface area contributed by atoms with E-state index in [2.05, 4.69) is 5.32 Å². The number of rotatable bonds is 6. The van der Waals surface area contributed by atoms with Gasteiger partial charge in [0.2, 0.25) is 0 Å². The van der Waals surface area contributed by atoms with Crippen LogP contribution < -0.4 is 11.1 Å². The Balaban J connectivity index is 1.83. The Morgan fingerprint density at radius 1 is 1.22 bits per heavy atom. The predicted molar refractivity (Wildman–Crippen MR) is 106 cm³/mol. The van der Waals surface area contributed by atoms with E-state index in [1.807, 2.05) is 4.90 Å². The van der Waals surface area contributed by atoms with Gasteiger partial charge in [0.1, 0.15) is 11.5 Å². The van der Waals surface area contributed by atoms with Crippen LogP contribution in [0.15, 0.2) is 36.4 Å². The van der Waals surface area contributed by atoms with Gasteiger partial charge in [-0.1, -0.05) is 12.1 Å². The molecule has 172 valence electrons. The number of morpholine rings is 1. The number of carbonyl (C=O) groups is 1. The third-order valence-electron chi connectivity index (χ3n) is 5.13. The molecule has 1 aliphatic heterocycles. The average molecular weight is 456 g/mol. The van der Waals surface area contributed by atoms with Gasteiger partial charge in [0.25, 0.3) is 11.6 Å². The van der Waals surface area contributed by atoms with Crippen molar-refractivity contribution in [3.05, 3.63) is 69.0 Å². The van der Waals surface area contributed by atoms with Crippen LogP contribution in [-0.4, -0.2) is 48.6 Å². The highest BCUT2D eigenvalue weighted by molar-refractivity contribution is 6.01. The molecule has 0 radical (unpaired) electrons. The molecule has 1 fully saturated rings. The first-order valence-electron chi connectivity index (χ1n) is 9.58. The molecule has 8 nitrogen and oxygen atoms in total. The second kappa shape index (κ2) is 9.49. The van der Waals surface area contributed by atoms with Gasteiger partial charge in [-0.2, -0.15) is 13.2 Å². The van der Waals surface area contributed by atoms with Crippen molar-refractivity contribution < 1.29 is 32.0 Å². The van der Waals surface area contributed by atoms with E-state index in [-0.39, 0.29) is 6.54 Å². The number of halogens is 4. The molecule has 0 spiro atoms. The zero-order valence-electron chi connectivity index (χ0n) is 16.7. The molecule has 1 amide bonds. The van der Waals surface area contributed by atoms with E-state index in [9.17, 15) is 32.5 Å². The number of carbonyl (C=O) groups excluding carboxylic acids is 1. The van der Waals surface area contributed by atoms with Gasteiger partial charge in [0.15, 0.2) is 0 Å². The quantitative estimate of drug-likeness (QED) is 0.299. The Kier molecular flexibility index (Phi) is 6.94. The second-order valence-electron chi connectivity index (χ2n) is 7.14. The van der Waals surface area contributed by atoms with Crippen molar-refractivity contribution in [1.82, 2.24) is 10.2 Å². The van der Waals surface area contributed by atoms with Crippen LogP contribution in [0.2, 0.25) is 0 Å². The number of nitro groups is 1. The molecule has 2 aromatic carbocycles. The highest BCUT2D eigenvalue weighted by Gasteiger charge is 2.31. The zero-order chi connectivity index (χ0) is 23.5. The standard InChI is InChI=1S/C20H20F4N4O4/c21-14-9-15(18(25)16(10-14)28(30)31)19(29)26-11-17(27-5-7-32-8-6-27)12-1-3-13(4-2-12)20(22,23)24/h1-4,9-10,17H,5-8,11,25H2,(H,26,29). The summed E-state index contributed by atoms with van der Waals surface area (Å²) >= 11 is 0. The SMILES string of the molecule is Nc1c(C(=O)NCC(c2ccc(C(F)(F)F)cc2)N2CCOCC2)cc(F)cc1[N+](=O)[O-]. The third kappa shape index (κ3) is 5.32. The van der Waals surface area contributed by atoms with Crippen molar-refractivity contribution in [3.63, 3.8) is 0 Å². The monoisotopic (exact) mass is 456 g/mol. The Labute approximate surface area is 180 Å². The number of nitro benzene ring substituents is 1. The predicted octanol–water partition coefficient (Wildman–Crippen LogP) is 3.14. The maximum Gasteiger partial charge on any atom is 0.416 e. The molecule has 32 heavy (non-hydrogen) atoms. The fourth-order valence-corrected chi connectivity index (χ4v) is 3.47. The third-order valence-corrected chi connectivity index (χ3v) is 5.13. The van der Waals surface area contributed by atoms with E-state index in [1.165, 1.54) is 12.1 Å². The number of hydrogen-bond acceptors (Lipinski definition) is 6. The molecule has 1 atom stereocenters. The zero-order valence-corrected chi connectivity index (χ0v) is 16.7. The van der Waals surface area contributed by atoms with Crippen LogP contribution in [0, 0.1) is 15.9 Å². The second-order valence-corrected chi connectivity index (χ2v) is 7.14. The Bertz CT molecular complexity index is 992. The van der Waals surface area contributed by atoms with Crippen molar-refractivity contribution in [3.8, 4) is 0 Å². The lowest BCUT2D eigenvalue weighted by Crippen LogP contribution is -2.44. The first-order chi connectivity index (χ1) is 15.1. The molecule has 1 saturated heterocycles. The van der Waals surface area contributed by atoms with Crippen LogP contribution in [0.5, 0.6) is 0 Å². The highest BCUT2D eigenvalue weighted by Crippen LogP contribution is 2.31. The van der Waals surface area contributed by atoms with E-state index in [0.717, 1.165) is 18.2 Å². The van der Waals surface area contributed by atoms with Gasteiger partial charge >= 0.3 is 6.18 Å². The number of nitrogens with two attached hydrogens (primary N) is 1. The molecule has 0 aromatic heterocycles. The van der Waals surface area contributed by atoms with Crippen molar-refractivity contribution in [2.75, 3.05) is 38.6 Å². The largest absolute Gasteiger partial charge is 0.416 e. The number of anilines is 1. The summed E-state index contributed by atoms with van der Waals surface area (Å²) in [7, 11) is 0. The van der Waals surface area contributed by atoms with Crippen LogP contribution in [0.4, 0.5) is 28.9 Å². The average Bonchev–Trinajstić information content (AvgIpc) is 2.75. The number of nitrogen functional groups attached to an aromatic ring is 1. The number of hydrogen-bond donors (Lipinski definition) is 2. The van der Waals surface area contributed by atoms with Crippen molar-refractivity contribution in [2.24, 2.45) is 0 Å². The smallest absolute Gasteiger partial charge is 0.393 e. The lowest BCUT2D eigenvalue weighted by atomic mass is 10.0. The minimum absolute atomic E-state index is 0.0477. The Morgan fingerprint density at radius 2 is 1.84 bits per heavy atom. The molecule has 3 rings (SSSR count). The summed E-state index contributed by atoms with van der Waals surface area (Å²) in [6, 6.07) is 5.48. The van der Waals surface area contributed by atoms with Crippen LogP contribution in [-0.2, 0) is 10.9 Å². The maximum atomic E-state index is 13.8. The minimum Gasteiger partial charge on any atom is -0.393 e. The first kappa shape index (κ1) is 23.4. The number of amides is 1. The summed E-state index contributed by atoms with van der Waals surface area (Å²) in [4.78, 5) is 24.7. The lowest BCUT2D eigenvalue weighted by molar-refractivity contribution is -0.384. The van der Waals surface area contributed by atoms with Crippen LogP contribution >= 0.6 is 0 Å². The summed E-state index contributed by atoms with van der Waals surface area (Å²) < 4.78 is 57.8. The van der Waals surface area contributed by atoms with Gasteiger partial charge in [-0.05, 0) is 23.8 Å². The van der Waals surface area contributed by atoms with E-state index < -0.39 is 51.4 Å². The fourth-order valence-electron chi connectivity index (χ4n) is 3.47. The van der Waals surface area contributed by atoms with E-state index in [0.29, 0.717) is 37.9 Å². The van der Waals surface area contributed by atoms with Crippen LogP contribution in [0.25, 0.3) is 0 Å². The molecule has 0 aliphatic carbocycles. The molecule has 1 heterocycles. The number of benzene rings is 2. The highest BCUT2D eigenvalue weighted by atomic mass is 19.4. The van der Waals surface area contributed by atoms with Gasteiger partial charge in [-0.3, -0.25) is 19.8 Å². The molecule has 0 saturated carbocycles. The Hall–Kier alpha value is -3.25. The maximum absolute atomic E-state index is 13.8. The summed E-state index contributed by atoms with van der Waals surface area (Å²) in [5.41, 5.74) is 3.78. The Morgan fingerprint density at radius 3 is 2.41 bits per heavy atom. The van der Waals surface area contributed by atoms with Crippen molar-refractivity contribution in [2.45, 2.75) is 12.2 Å². The summed E-state index contributed by atoms with van der Waals surface area (Å²) in [6.07, 6.45) is -4.48. The molecule has 3 N–H and O–H groups in total. The number of nitrogens with one attached hydrogen (secondary N) is 1. The van der Waals surface area contributed by atoms with Crippen molar-refractivity contribution in [1.29, 1.82) is 0 Å². The number of ether oxygens (including phenoxy) is 1. The number of alkyl halides is 3. The van der Waals surface area contributed by atoms with Gasteiger partial charge in [-0.25, -0.2) is 4.39 Å². The summed E-state index contributed by atoms with van der Waals surface area (Å²) in [5, 5.41) is 13.6. The topological polar surface area (TPSA) is 111 Å². The van der Waals surface area contributed by atoms with E-state index >= 15 is 0 Å². The summed E-state index contributed by atoms with van der Waals surface area (Å²) in [5.74, 6) is -1.83. The first-order valence-corrected chi connectivity index (χ1v) is 9.58. The molecular formula is C20H20F4N4O4. The molecule has 0 bridgehead atoms. The molecule has 12 heteroatoms. The minimum atomic E-state index is -4.48. The van der Waals surface area contributed by atoms with Gasteiger partial charge in [0.05, 0.1) is 41.4 Å². The molecule has 2 aromatic rings. The molecule has 1 aliphatic rings. The van der Waals surface area contributed by atoms with Crippen LogP contribution in [0.1, 0.15) is 27.5 Å². The van der Waals surface area contributed by atoms with Gasteiger partial charge < -0.3 is 15.8 Å². The molecule has 1 unspecified atom stereocenters. The van der Waals surface area contributed by atoms with Gasteiger partial charge in [-0.15, -0.1) is 0 Å². The van der Waals surface area contributed by atoms with Crippen LogP contribution in [0.3, 0.4) is 0 Å². The van der Waals surface area contributed by atoms with Gasteiger partial charge in [0, 0.05) is 19.6 Å². The number of nitrogens with zero attached hydrogens (tertiary/aromatic N) is 2. The lowest BCUT2D eigenvalue weighted by Gasteiger charge is -2.35. The summed E-state index contributed by atoms with van der Waals surface area (Å²) in [6.45, 7) is 1.74. The van der Waals surface area contributed by atoms with Crippen molar-refractivity contribution >= 4 is 17.3 Å².